The first-order valence-corrected chi connectivity index (χ1v) is 10.8. The molecule has 1 saturated heterocycles. The zero-order valence-corrected chi connectivity index (χ0v) is 18.9. The normalized spacial score (nSPS) is 23.9. The van der Waals surface area contributed by atoms with Crippen molar-refractivity contribution in [2.75, 3.05) is 65.4 Å². The number of nitrogens with zero attached hydrogens (tertiary/aromatic N) is 4. The highest BCUT2D eigenvalue weighted by Crippen LogP contribution is 2.11. The number of carbonyl (C=O) groups is 4. The van der Waals surface area contributed by atoms with Gasteiger partial charge in [-0.3, -0.25) is 38.8 Å². The highest BCUT2D eigenvalue weighted by atomic mass is 16.4. The van der Waals surface area contributed by atoms with E-state index in [1.165, 1.54) is 0 Å². The fraction of sp³-hybridized carbons (Fsp3) is 0.800. The molecule has 1 heterocycles. The molecule has 0 saturated carbocycles. The van der Waals surface area contributed by atoms with E-state index in [2.05, 4.69) is 0 Å². The molecular formula is C20H36N4O8. The Bertz CT molecular complexity index is 593. The molecule has 32 heavy (non-hydrogen) atoms. The van der Waals surface area contributed by atoms with Crippen molar-refractivity contribution in [3.05, 3.63) is 0 Å². The maximum absolute atomic E-state index is 11.3. The lowest BCUT2D eigenvalue weighted by Crippen LogP contribution is -2.48. The first kappa shape index (κ1) is 27.8. The van der Waals surface area contributed by atoms with E-state index >= 15 is 0 Å². The molecule has 4 N–H and O–H groups in total. The Balaban J connectivity index is 3.07. The molecule has 1 rings (SSSR count). The van der Waals surface area contributed by atoms with Crippen molar-refractivity contribution >= 4 is 23.9 Å². The van der Waals surface area contributed by atoms with Gasteiger partial charge in [0.25, 0.3) is 0 Å². The van der Waals surface area contributed by atoms with E-state index in [4.69, 9.17) is 0 Å². The van der Waals surface area contributed by atoms with E-state index in [-0.39, 0.29) is 38.3 Å². The van der Waals surface area contributed by atoms with Crippen LogP contribution in [0, 0.1) is 0 Å². The number of carboxylic acid groups (broad SMARTS) is 4. The molecule has 1 aliphatic heterocycles. The van der Waals surface area contributed by atoms with E-state index < -0.39 is 23.9 Å². The Hall–Kier alpha value is -2.28. The molecule has 1 aliphatic rings. The summed E-state index contributed by atoms with van der Waals surface area (Å²) in [5, 5.41) is 37.1. The minimum atomic E-state index is -0.983. The minimum Gasteiger partial charge on any atom is -0.480 e. The van der Waals surface area contributed by atoms with Crippen LogP contribution in [0.3, 0.4) is 0 Å². The maximum atomic E-state index is 11.3. The molecule has 0 aromatic carbocycles. The van der Waals surface area contributed by atoms with E-state index in [9.17, 15) is 39.6 Å². The maximum Gasteiger partial charge on any atom is 0.317 e. The van der Waals surface area contributed by atoms with Crippen LogP contribution in [0.2, 0.25) is 0 Å². The third kappa shape index (κ3) is 11.4. The largest absolute Gasteiger partial charge is 0.480 e. The predicted molar refractivity (Wildman–Crippen MR) is 115 cm³/mol. The summed E-state index contributed by atoms with van der Waals surface area (Å²) >= 11 is 0. The lowest BCUT2D eigenvalue weighted by molar-refractivity contribution is -0.141. The molecule has 12 nitrogen and oxygen atoms in total. The second kappa shape index (κ2) is 14.0. The number of hydrogen-bond acceptors (Lipinski definition) is 8. The van der Waals surface area contributed by atoms with Gasteiger partial charge in [0.2, 0.25) is 0 Å². The van der Waals surface area contributed by atoms with Crippen LogP contribution in [0.5, 0.6) is 0 Å². The second-order valence-electron chi connectivity index (χ2n) is 8.34. The van der Waals surface area contributed by atoms with E-state index in [0.717, 1.165) is 0 Å². The summed E-state index contributed by atoms with van der Waals surface area (Å²) in [7, 11) is 0. The summed E-state index contributed by atoms with van der Waals surface area (Å²) in [6.45, 7) is 5.23. The second-order valence-corrected chi connectivity index (χ2v) is 8.34. The van der Waals surface area contributed by atoms with Gasteiger partial charge >= 0.3 is 23.9 Å². The number of aliphatic carboxylic acids is 4. The van der Waals surface area contributed by atoms with Crippen LogP contribution < -0.4 is 0 Å². The van der Waals surface area contributed by atoms with Crippen molar-refractivity contribution in [1.82, 2.24) is 19.6 Å². The van der Waals surface area contributed by atoms with Crippen LogP contribution in [0.15, 0.2) is 0 Å². The molecule has 0 aromatic rings. The first-order valence-electron chi connectivity index (χ1n) is 10.8. The lowest BCUT2D eigenvalue weighted by atomic mass is 10.1. The van der Waals surface area contributed by atoms with Crippen molar-refractivity contribution in [1.29, 1.82) is 0 Å². The van der Waals surface area contributed by atoms with Crippen LogP contribution in [-0.4, -0.2) is 141 Å². The van der Waals surface area contributed by atoms with Gasteiger partial charge in [-0.1, -0.05) is 0 Å². The summed E-state index contributed by atoms with van der Waals surface area (Å²) in [5.41, 5.74) is 0. The standard InChI is InChI=1S/C20H36N4O8/c1-15-3-5-21(11-17(25)26)8-10-24(14-20(31)32)16(2)4-6-22(12-18(27)28)7-9-23(15)13-19(29)30/h15-16H,3-14H2,1-2H3,(H,25,26)(H,27,28)(H,29,30)(H,31,32)/t15-,16-/m1/s1. The van der Waals surface area contributed by atoms with E-state index in [0.29, 0.717) is 52.1 Å². The summed E-state index contributed by atoms with van der Waals surface area (Å²) < 4.78 is 0. The zero-order chi connectivity index (χ0) is 24.3. The number of carboxylic acids is 4. The van der Waals surface area contributed by atoms with E-state index in [1.807, 2.05) is 13.8 Å². The van der Waals surface area contributed by atoms with Crippen molar-refractivity contribution in [2.45, 2.75) is 38.8 Å². The van der Waals surface area contributed by atoms with Gasteiger partial charge < -0.3 is 20.4 Å². The average Bonchev–Trinajstić information content (AvgIpc) is 2.67. The molecule has 0 unspecified atom stereocenters. The minimum absolute atomic E-state index is 0.161. The molecule has 0 aromatic heterocycles. The van der Waals surface area contributed by atoms with Gasteiger partial charge in [0.15, 0.2) is 0 Å². The van der Waals surface area contributed by atoms with Gasteiger partial charge in [-0.05, 0) is 26.7 Å². The SMILES string of the molecule is C[C@@H]1CCN(CC(=O)O)CCN(CC(=O)O)[C@H](C)CCN(CC(=O)O)CCN1CC(=O)O. The summed E-state index contributed by atoms with van der Waals surface area (Å²) in [4.78, 5) is 52.3. The molecule has 1 fully saturated rings. The third-order valence-electron chi connectivity index (χ3n) is 5.77. The van der Waals surface area contributed by atoms with Gasteiger partial charge in [-0.25, -0.2) is 0 Å². The highest BCUT2D eigenvalue weighted by Gasteiger charge is 2.24. The van der Waals surface area contributed by atoms with Crippen LogP contribution in [0.4, 0.5) is 0 Å². The van der Waals surface area contributed by atoms with Crippen LogP contribution in [0.1, 0.15) is 26.7 Å². The monoisotopic (exact) mass is 460 g/mol. The quantitative estimate of drug-likeness (QED) is 0.354. The third-order valence-corrected chi connectivity index (χ3v) is 5.77. The van der Waals surface area contributed by atoms with E-state index in [1.54, 1.807) is 19.6 Å². The van der Waals surface area contributed by atoms with Crippen molar-refractivity contribution in [3.63, 3.8) is 0 Å². The van der Waals surface area contributed by atoms with Gasteiger partial charge in [-0.15, -0.1) is 0 Å². The average molecular weight is 461 g/mol. The van der Waals surface area contributed by atoms with Crippen molar-refractivity contribution < 1.29 is 39.6 Å². The lowest BCUT2D eigenvalue weighted by Gasteiger charge is -2.35. The molecular weight excluding hydrogens is 424 g/mol. The summed E-state index contributed by atoms with van der Waals surface area (Å²) in [6, 6.07) is -0.322. The molecule has 0 bridgehead atoms. The summed E-state index contributed by atoms with van der Waals surface area (Å²) in [5.74, 6) is -3.93. The van der Waals surface area contributed by atoms with Crippen molar-refractivity contribution in [3.8, 4) is 0 Å². The molecule has 0 amide bonds. The molecule has 184 valence electrons. The molecule has 12 heteroatoms. The van der Waals surface area contributed by atoms with Gasteiger partial charge in [0.1, 0.15) is 0 Å². The topological polar surface area (TPSA) is 162 Å². The predicted octanol–water partition coefficient (Wildman–Crippen LogP) is -0.896. The fourth-order valence-electron chi connectivity index (χ4n) is 3.82. The fourth-order valence-corrected chi connectivity index (χ4v) is 3.82. The highest BCUT2D eigenvalue weighted by molar-refractivity contribution is 5.70. The van der Waals surface area contributed by atoms with Crippen molar-refractivity contribution in [2.24, 2.45) is 0 Å². The Kier molecular flexibility index (Phi) is 12.1. The van der Waals surface area contributed by atoms with Gasteiger partial charge in [0, 0.05) is 51.4 Å². The van der Waals surface area contributed by atoms with Crippen LogP contribution >= 0.6 is 0 Å². The molecule has 0 spiro atoms. The Morgan fingerprint density at radius 3 is 1.16 bits per heavy atom. The molecule has 0 radical (unpaired) electrons. The Labute approximate surface area is 188 Å². The first-order chi connectivity index (χ1) is 15.0. The number of rotatable bonds is 8. The van der Waals surface area contributed by atoms with Crippen LogP contribution in [-0.2, 0) is 19.2 Å². The Morgan fingerprint density at radius 1 is 0.562 bits per heavy atom. The van der Waals surface area contributed by atoms with Gasteiger partial charge in [-0.2, -0.15) is 0 Å². The van der Waals surface area contributed by atoms with Gasteiger partial charge in [0.05, 0.1) is 26.2 Å². The Morgan fingerprint density at radius 2 is 0.875 bits per heavy atom. The van der Waals surface area contributed by atoms with Crippen LogP contribution in [0.25, 0.3) is 0 Å². The molecule has 0 aliphatic carbocycles. The summed E-state index contributed by atoms with van der Waals surface area (Å²) in [6.07, 6.45) is 1.04. The molecule has 2 atom stereocenters. The number of hydrogen-bond donors (Lipinski definition) is 4. The smallest absolute Gasteiger partial charge is 0.317 e. The zero-order valence-electron chi connectivity index (χ0n) is 18.9.